The van der Waals surface area contributed by atoms with E-state index in [0.29, 0.717) is 13.0 Å². The van der Waals surface area contributed by atoms with E-state index >= 15 is 0 Å². The molecule has 0 aliphatic heterocycles. The van der Waals surface area contributed by atoms with Crippen LogP contribution >= 0.6 is 0 Å². The fraction of sp³-hybridized carbons (Fsp3) is 0.231. The van der Waals surface area contributed by atoms with Crippen LogP contribution in [0.1, 0.15) is 11.3 Å². The SMILES string of the molecule is Cc1[nH]c2ccccc2c1CCNC(=O)C(N)=O. The van der Waals surface area contributed by atoms with Crippen molar-refractivity contribution in [2.45, 2.75) is 13.3 Å². The van der Waals surface area contributed by atoms with Crippen molar-refractivity contribution in [1.82, 2.24) is 10.3 Å². The number of aryl methyl sites for hydroxylation is 1. The average molecular weight is 245 g/mol. The average Bonchev–Trinajstić information content (AvgIpc) is 2.65. The minimum Gasteiger partial charge on any atom is -0.361 e. The number of hydrogen-bond donors (Lipinski definition) is 3. The summed E-state index contributed by atoms with van der Waals surface area (Å²) in [6, 6.07) is 7.98. The highest BCUT2D eigenvalue weighted by Crippen LogP contribution is 2.21. The third-order valence-electron chi connectivity index (χ3n) is 2.91. The lowest BCUT2D eigenvalue weighted by atomic mass is 10.1. The Morgan fingerprint density at radius 3 is 2.78 bits per heavy atom. The summed E-state index contributed by atoms with van der Waals surface area (Å²) in [6.45, 7) is 2.38. The maximum absolute atomic E-state index is 11.0. The summed E-state index contributed by atoms with van der Waals surface area (Å²) < 4.78 is 0. The molecule has 4 N–H and O–H groups in total. The van der Waals surface area contributed by atoms with E-state index in [-0.39, 0.29) is 0 Å². The first-order valence-corrected chi connectivity index (χ1v) is 5.73. The molecule has 0 fully saturated rings. The molecule has 2 amide bonds. The van der Waals surface area contributed by atoms with E-state index < -0.39 is 11.8 Å². The van der Waals surface area contributed by atoms with Crippen molar-refractivity contribution >= 4 is 22.7 Å². The van der Waals surface area contributed by atoms with Crippen molar-refractivity contribution in [3.05, 3.63) is 35.5 Å². The molecule has 0 spiro atoms. The van der Waals surface area contributed by atoms with Gasteiger partial charge in [-0.3, -0.25) is 9.59 Å². The Labute approximate surface area is 104 Å². The molecule has 2 rings (SSSR count). The smallest absolute Gasteiger partial charge is 0.309 e. The molecular formula is C13H15N3O2. The van der Waals surface area contributed by atoms with Gasteiger partial charge in [0.1, 0.15) is 0 Å². The molecule has 0 atom stereocenters. The lowest BCUT2D eigenvalue weighted by Gasteiger charge is -2.03. The number of para-hydroxylation sites is 1. The number of carbonyl (C=O) groups is 2. The van der Waals surface area contributed by atoms with E-state index in [4.69, 9.17) is 5.73 Å². The lowest BCUT2D eigenvalue weighted by molar-refractivity contribution is -0.137. The molecule has 2 aromatic rings. The number of aromatic amines is 1. The van der Waals surface area contributed by atoms with Crippen LogP contribution in [0, 0.1) is 6.92 Å². The van der Waals surface area contributed by atoms with Crippen LogP contribution in [0.3, 0.4) is 0 Å². The molecule has 5 nitrogen and oxygen atoms in total. The van der Waals surface area contributed by atoms with Crippen molar-refractivity contribution in [2.24, 2.45) is 5.73 Å². The second-order valence-corrected chi connectivity index (χ2v) is 4.14. The number of fused-ring (bicyclic) bond motifs is 1. The minimum atomic E-state index is -0.953. The largest absolute Gasteiger partial charge is 0.361 e. The number of nitrogens with one attached hydrogen (secondary N) is 2. The summed E-state index contributed by atoms with van der Waals surface area (Å²) in [5.41, 5.74) is 8.16. The van der Waals surface area contributed by atoms with Crippen molar-refractivity contribution in [1.29, 1.82) is 0 Å². The Bertz CT molecular complexity index is 601. The van der Waals surface area contributed by atoms with E-state index in [1.807, 2.05) is 31.2 Å². The van der Waals surface area contributed by atoms with Gasteiger partial charge in [0.05, 0.1) is 0 Å². The summed E-state index contributed by atoms with van der Waals surface area (Å²) in [5, 5.41) is 3.63. The zero-order chi connectivity index (χ0) is 13.1. The van der Waals surface area contributed by atoms with Gasteiger partial charge < -0.3 is 16.0 Å². The predicted molar refractivity (Wildman–Crippen MR) is 68.9 cm³/mol. The first kappa shape index (κ1) is 12.2. The monoisotopic (exact) mass is 245 g/mol. The van der Waals surface area contributed by atoms with Crippen LogP contribution in [0.25, 0.3) is 10.9 Å². The van der Waals surface area contributed by atoms with Crippen LogP contribution in [0.2, 0.25) is 0 Å². The second-order valence-electron chi connectivity index (χ2n) is 4.14. The zero-order valence-electron chi connectivity index (χ0n) is 10.1. The molecular weight excluding hydrogens is 230 g/mol. The topological polar surface area (TPSA) is 88.0 Å². The number of amides is 2. The maximum atomic E-state index is 11.0. The van der Waals surface area contributed by atoms with Crippen molar-refractivity contribution < 1.29 is 9.59 Å². The molecule has 0 saturated heterocycles. The number of nitrogens with two attached hydrogens (primary N) is 1. The molecule has 1 aromatic carbocycles. The Balaban J connectivity index is 2.10. The van der Waals surface area contributed by atoms with Gasteiger partial charge in [0.2, 0.25) is 0 Å². The van der Waals surface area contributed by atoms with Gasteiger partial charge in [-0.25, -0.2) is 0 Å². The van der Waals surface area contributed by atoms with Crippen LogP contribution < -0.4 is 11.1 Å². The van der Waals surface area contributed by atoms with Gasteiger partial charge in [-0.2, -0.15) is 0 Å². The molecule has 18 heavy (non-hydrogen) atoms. The summed E-state index contributed by atoms with van der Waals surface area (Å²) in [4.78, 5) is 24.9. The lowest BCUT2D eigenvalue weighted by Crippen LogP contribution is -2.37. The highest BCUT2D eigenvalue weighted by Gasteiger charge is 2.10. The number of benzene rings is 1. The Morgan fingerprint density at radius 2 is 2.06 bits per heavy atom. The van der Waals surface area contributed by atoms with Gasteiger partial charge in [0.25, 0.3) is 0 Å². The molecule has 0 aliphatic rings. The van der Waals surface area contributed by atoms with Crippen LogP contribution in [0.5, 0.6) is 0 Å². The standard InChI is InChI=1S/C13H15N3O2/c1-8-9(6-7-15-13(18)12(14)17)10-4-2-3-5-11(10)16-8/h2-5,16H,6-7H2,1H3,(H2,14,17)(H,15,18). The number of aromatic nitrogens is 1. The first-order chi connectivity index (χ1) is 8.59. The van der Waals surface area contributed by atoms with Crippen LogP contribution in [0.4, 0.5) is 0 Å². The number of hydrogen-bond acceptors (Lipinski definition) is 2. The van der Waals surface area contributed by atoms with Crippen LogP contribution in [0.15, 0.2) is 24.3 Å². The second kappa shape index (κ2) is 4.91. The van der Waals surface area contributed by atoms with Gasteiger partial charge in [-0.05, 0) is 25.0 Å². The quantitative estimate of drug-likeness (QED) is 0.692. The molecule has 0 saturated carbocycles. The number of carbonyl (C=O) groups excluding carboxylic acids is 2. The summed E-state index contributed by atoms with van der Waals surface area (Å²) >= 11 is 0. The number of rotatable bonds is 3. The van der Waals surface area contributed by atoms with Gasteiger partial charge in [-0.15, -0.1) is 0 Å². The molecule has 5 heteroatoms. The first-order valence-electron chi connectivity index (χ1n) is 5.73. The molecule has 0 radical (unpaired) electrons. The van der Waals surface area contributed by atoms with Crippen molar-refractivity contribution in [3.63, 3.8) is 0 Å². The van der Waals surface area contributed by atoms with E-state index in [1.165, 1.54) is 0 Å². The maximum Gasteiger partial charge on any atom is 0.309 e. The molecule has 0 bridgehead atoms. The molecule has 1 heterocycles. The molecule has 0 aliphatic carbocycles. The summed E-state index contributed by atoms with van der Waals surface area (Å²) in [7, 11) is 0. The third kappa shape index (κ3) is 2.34. The van der Waals surface area contributed by atoms with Crippen LogP contribution in [-0.2, 0) is 16.0 Å². The normalized spacial score (nSPS) is 10.5. The minimum absolute atomic E-state index is 0.393. The van der Waals surface area contributed by atoms with Gasteiger partial charge in [0, 0.05) is 23.1 Å². The number of H-pyrrole nitrogens is 1. The Morgan fingerprint density at radius 1 is 1.33 bits per heavy atom. The van der Waals surface area contributed by atoms with Gasteiger partial charge in [0.15, 0.2) is 0 Å². The Kier molecular flexibility index (Phi) is 3.32. The zero-order valence-corrected chi connectivity index (χ0v) is 10.1. The van der Waals surface area contributed by atoms with Crippen LogP contribution in [-0.4, -0.2) is 23.3 Å². The highest BCUT2D eigenvalue weighted by molar-refractivity contribution is 6.34. The fourth-order valence-electron chi connectivity index (χ4n) is 2.05. The summed E-state index contributed by atoms with van der Waals surface area (Å²) in [6.07, 6.45) is 0.662. The Hall–Kier alpha value is -2.30. The fourth-order valence-corrected chi connectivity index (χ4v) is 2.05. The third-order valence-corrected chi connectivity index (χ3v) is 2.91. The number of primary amides is 1. The van der Waals surface area contributed by atoms with Crippen molar-refractivity contribution in [3.8, 4) is 0 Å². The molecule has 0 unspecified atom stereocenters. The van der Waals surface area contributed by atoms with Crippen molar-refractivity contribution in [2.75, 3.05) is 6.54 Å². The van der Waals surface area contributed by atoms with Gasteiger partial charge >= 0.3 is 11.8 Å². The summed E-state index contributed by atoms with van der Waals surface area (Å²) in [5.74, 6) is -1.70. The van der Waals surface area contributed by atoms with Gasteiger partial charge in [-0.1, -0.05) is 18.2 Å². The van der Waals surface area contributed by atoms with E-state index in [9.17, 15) is 9.59 Å². The predicted octanol–water partition coefficient (Wildman–Crippen LogP) is 0.620. The highest BCUT2D eigenvalue weighted by atomic mass is 16.2. The molecule has 94 valence electrons. The molecule has 1 aromatic heterocycles. The van der Waals surface area contributed by atoms with E-state index in [1.54, 1.807) is 0 Å². The van der Waals surface area contributed by atoms with E-state index in [2.05, 4.69) is 10.3 Å². The van der Waals surface area contributed by atoms with E-state index in [0.717, 1.165) is 22.2 Å².